The van der Waals surface area contributed by atoms with Crippen LogP contribution in [0.3, 0.4) is 0 Å². The van der Waals surface area contributed by atoms with Gasteiger partial charge in [0, 0.05) is 33.2 Å². The van der Waals surface area contributed by atoms with Crippen LogP contribution >= 0.6 is 0 Å². The highest BCUT2D eigenvalue weighted by Crippen LogP contribution is 2.43. The molecule has 8 rings (SSSR count). The zero-order valence-electron chi connectivity index (χ0n) is 27.2. The average molecular weight is 648 g/mol. The first-order valence-corrected chi connectivity index (χ1v) is 16.3. The Kier molecular flexibility index (Phi) is 7.64. The highest BCUT2D eigenvalue weighted by molar-refractivity contribution is 6.15. The highest BCUT2D eigenvalue weighted by Gasteiger charge is 2.22. The summed E-state index contributed by atoms with van der Waals surface area (Å²) >= 11 is 0. The van der Waals surface area contributed by atoms with Gasteiger partial charge in [0.15, 0.2) is 0 Å². The van der Waals surface area contributed by atoms with Crippen LogP contribution in [0.5, 0.6) is 0 Å². The Labute approximate surface area is 295 Å². The Morgan fingerprint density at radius 1 is 0.373 bits per heavy atom. The number of hydrogen-bond acceptors (Lipinski definition) is 4. The third-order valence-electron chi connectivity index (χ3n) is 9.35. The summed E-state index contributed by atoms with van der Waals surface area (Å²) in [6, 6.07) is 58.6. The van der Waals surface area contributed by atoms with Gasteiger partial charge in [-0.15, -0.1) is 0 Å². The van der Waals surface area contributed by atoms with Crippen molar-refractivity contribution in [1.29, 1.82) is 21.0 Å². The largest absolute Gasteiger partial charge is 0.309 e. The van der Waals surface area contributed by atoms with Crippen LogP contribution in [0.1, 0.15) is 22.3 Å². The van der Waals surface area contributed by atoms with Crippen LogP contribution in [0.2, 0.25) is 0 Å². The molecule has 0 fully saturated rings. The quantitative estimate of drug-likeness (QED) is 0.185. The van der Waals surface area contributed by atoms with Gasteiger partial charge in [-0.3, -0.25) is 0 Å². The summed E-state index contributed by atoms with van der Waals surface area (Å²) in [7, 11) is 0. The Balaban J connectivity index is 1.55. The fraction of sp³-hybridized carbons (Fsp3) is 0. The van der Waals surface area contributed by atoms with E-state index in [2.05, 4.69) is 77.4 Å². The second-order valence-corrected chi connectivity index (χ2v) is 12.2. The van der Waals surface area contributed by atoms with Crippen LogP contribution in [-0.4, -0.2) is 4.57 Å². The summed E-state index contributed by atoms with van der Waals surface area (Å²) in [6.07, 6.45) is 0. The van der Waals surface area contributed by atoms with E-state index in [4.69, 9.17) is 0 Å². The third-order valence-corrected chi connectivity index (χ3v) is 9.35. The molecule has 1 aromatic heterocycles. The maximum Gasteiger partial charge on any atom is 0.0998 e. The number of fused-ring (bicyclic) bond motifs is 3. The van der Waals surface area contributed by atoms with Crippen molar-refractivity contribution in [3.8, 4) is 74.5 Å². The van der Waals surface area contributed by atoms with Crippen LogP contribution in [0.25, 0.3) is 72.0 Å². The number of rotatable bonds is 5. The van der Waals surface area contributed by atoms with Gasteiger partial charge in [-0.2, -0.15) is 21.0 Å². The molecular weight excluding hydrogens is 623 g/mol. The fourth-order valence-electron chi connectivity index (χ4n) is 7.11. The predicted octanol–water partition coefficient (Wildman–Crippen LogP) is 10.9. The van der Waals surface area contributed by atoms with Gasteiger partial charge in [0.25, 0.3) is 0 Å². The number of aromatic nitrogens is 1. The number of hydrogen-bond donors (Lipinski definition) is 0. The van der Waals surface area contributed by atoms with Gasteiger partial charge in [0.2, 0.25) is 0 Å². The van der Waals surface area contributed by atoms with Crippen LogP contribution < -0.4 is 0 Å². The molecule has 0 saturated heterocycles. The molecule has 0 aliphatic carbocycles. The summed E-state index contributed by atoms with van der Waals surface area (Å²) in [5.41, 5.74) is 11.0. The molecule has 0 atom stereocenters. The molecule has 0 N–H and O–H groups in total. The van der Waals surface area contributed by atoms with Crippen molar-refractivity contribution in [1.82, 2.24) is 4.57 Å². The Bertz CT molecular complexity index is 2710. The van der Waals surface area contributed by atoms with E-state index in [-0.39, 0.29) is 0 Å². The van der Waals surface area contributed by atoms with Crippen molar-refractivity contribution in [2.75, 3.05) is 0 Å². The van der Waals surface area contributed by atoms with Crippen LogP contribution in [-0.2, 0) is 0 Å². The lowest BCUT2D eigenvalue weighted by Crippen LogP contribution is -1.99. The van der Waals surface area contributed by atoms with E-state index in [1.165, 1.54) is 0 Å². The van der Waals surface area contributed by atoms with Crippen molar-refractivity contribution in [2.45, 2.75) is 0 Å². The molecule has 0 saturated carbocycles. The van der Waals surface area contributed by atoms with Gasteiger partial charge in [-0.25, -0.2) is 0 Å². The first-order chi connectivity index (χ1) is 25.1. The van der Waals surface area contributed by atoms with E-state index in [0.29, 0.717) is 33.4 Å². The first-order valence-electron chi connectivity index (χ1n) is 16.3. The summed E-state index contributed by atoms with van der Waals surface area (Å²) in [5.74, 6) is 0. The first kappa shape index (κ1) is 30.6. The second kappa shape index (κ2) is 12.7. The lowest BCUT2D eigenvalue weighted by molar-refractivity contribution is 1.18. The predicted molar refractivity (Wildman–Crippen MR) is 201 cm³/mol. The molecule has 7 aromatic carbocycles. The molecule has 0 unspecified atom stereocenters. The van der Waals surface area contributed by atoms with Crippen molar-refractivity contribution < 1.29 is 0 Å². The molecule has 1 heterocycles. The standard InChI is InChI=1S/C46H25N5/c47-26-33-14-7-15-34(27-48)44(33)32-20-21-40-41-18-9-19-42(45-35(28-49)16-8-17-36(45)29-50)46(41)51(43(40)25-32)39-23-37(30-10-3-1-4-11-30)22-38(24-39)31-12-5-2-6-13-31/h1-25H. The summed E-state index contributed by atoms with van der Waals surface area (Å²) in [4.78, 5) is 0. The minimum atomic E-state index is 0.406. The topological polar surface area (TPSA) is 100 Å². The highest BCUT2D eigenvalue weighted by atomic mass is 15.0. The number of nitrogens with zero attached hydrogens (tertiary/aromatic N) is 5. The van der Waals surface area contributed by atoms with Gasteiger partial charge < -0.3 is 4.57 Å². The fourth-order valence-corrected chi connectivity index (χ4v) is 7.11. The number of para-hydroxylation sites is 1. The molecule has 8 aromatic rings. The van der Waals surface area contributed by atoms with Crippen molar-refractivity contribution >= 4 is 21.8 Å². The third kappa shape index (κ3) is 5.17. The van der Waals surface area contributed by atoms with Crippen LogP contribution in [0.4, 0.5) is 0 Å². The van der Waals surface area contributed by atoms with Crippen molar-refractivity contribution in [2.24, 2.45) is 0 Å². The maximum absolute atomic E-state index is 10.3. The number of benzene rings is 7. The molecular formula is C46H25N5. The van der Waals surface area contributed by atoms with Gasteiger partial charge in [-0.1, -0.05) is 103 Å². The molecule has 234 valence electrons. The Morgan fingerprint density at radius 3 is 1.41 bits per heavy atom. The normalized spacial score (nSPS) is 10.7. The van der Waals surface area contributed by atoms with E-state index in [1.54, 1.807) is 36.4 Å². The molecule has 0 amide bonds. The van der Waals surface area contributed by atoms with Crippen molar-refractivity contribution in [3.05, 3.63) is 174 Å². The SMILES string of the molecule is N#Cc1cccc(C#N)c1-c1ccc2c3cccc(-c4c(C#N)cccc4C#N)c3n(-c3cc(-c4ccccc4)cc(-c4ccccc4)c3)c2c1. The van der Waals surface area contributed by atoms with E-state index < -0.39 is 0 Å². The molecule has 0 aliphatic rings. The molecule has 5 heteroatoms. The van der Waals surface area contributed by atoms with E-state index in [1.807, 2.05) is 66.7 Å². The molecule has 0 aliphatic heterocycles. The van der Waals surface area contributed by atoms with Gasteiger partial charge in [0.05, 0.1) is 57.6 Å². The van der Waals surface area contributed by atoms with E-state index in [9.17, 15) is 21.0 Å². The van der Waals surface area contributed by atoms with Gasteiger partial charge in [0.1, 0.15) is 0 Å². The molecule has 0 bridgehead atoms. The lowest BCUT2D eigenvalue weighted by atomic mass is 9.93. The zero-order chi connectivity index (χ0) is 34.9. The lowest BCUT2D eigenvalue weighted by Gasteiger charge is -2.17. The summed E-state index contributed by atoms with van der Waals surface area (Å²) < 4.78 is 2.19. The van der Waals surface area contributed by atoms with Gasteiger partial charge in [-0.05, 0) is 76.3 Å². The minimum Gasteiger partial charge on any atom is -0.309 e. The molecule has 0 spiro atoms. The molecule has 5 nitrogen and oxygen atoms in total. The van der Waals surface area contributed by atoms with E-state index in [0.717, 1.165) is 60.9 Å². The maximum atomic E-state index is 10.3. The van der Waals surface area contributed by atoms with Crippen LogP contribution in [0.15, 0.2) is 152 Å². The second-order valence-electron chi connectivity index (χ2n) is 12.2. The molecule has 0 radical (unpaired) electrons. The smallest absolute Gasteiger partial charge is 0.0998 e. The van der Waals surface area contributed by atoms with Crippen molar-refractivity contribution in [3.63, 3.8) is 0 Å². The Hall–Kier alpha value is -7.70. The number of nitriles is 4. The average Bonchev–Trinajstić information content (AvgIpc) is 3.54. The zero-order valence-corrected chi connectivity index (χ0v) is 27.2. The van der Waals surface area contributed by atoms with E-state index >= 15 is 0 Å². The summed E-state index contributed by atoms with van der Waals surface area (Å²) in [6.45, 7) is 0. The van der Waals surface area contributed by atoms with Gasteiger partial charge >= 0.3 is 0 Å². The minimum absolute atomic E-state index is 0.406. The monoisotopic (exact) mass is 647 g/mol. The Morgan fingerprint density at radius 2 is 0.882 bits per heavy atom. The summed E-state index contributed by atoms with van der Waals surface area (Å²) in [5, 5.41) is 42.6. The molecule has 51 heavy (non-hydrogen) atoms. The van der Waals surface area contributed by atoms with Crippen LogP contribution in [0, 0.1) is 45.3 Å².